The van der Waals surface area contributed by atoms with Gasteiger partial charge in [0, 0.05) is 19.5 Å². The zero-order valence-corrected chi connectivity index (χ0v) is 12.4. The van der Waals surface area contributed by atoms with E-state index in [1.54, 1.807) is 4.90 Å². The molecule has 4 heteroatoms. The van der Waals surface area contributed by atoms with E-state index in [2.05, 4.69) is 18.3 Å². The van der Waals surface area contributed by atoms with E-state index < -0.39 is 0 Å². The molecule has 1 saturated heterocycles. The highest BCUT2D eigenvalue weighted by molar-refractivity contribution is 5.90. The van der Waals surface area contributed by atoms with Gasteiger partial charge in [-0.15, -0.1) is 0 Å². The molecule has 0 unspecified atom stereocenters. The largest absolute Gasteiger partial charge is 0.350 e. The highest BCUT2D eigenvalue weighted by Gasteiger charge is 2.34. The Morgan fingerprint density at radius 1 is 1.40 bits per heavy atom. The van der Waals surface area contributed by atoms with Crippen molar-refractivity contribution in [1.29, 1.82) is 0 Å². The Kier molecular flexibility index (Phi) is 4.42. The molecule has 1 atom stereocenters. The van der Waals surface area contributed by atoms with E-state index in [-0.39, 0.29) is 17.9 Å². The molecule has 1 fully saturated rings. The van der Waals surface area contributed by atoms with E-state index in [1.807, 2.05) is 26.0 Å². The molecule has 1 heterocycles. The van der Waals surface area contributed by atoms with E-state index in [9.17, 15) is 9.59 Å². The second kappa shape index (κ2) is 6.07. The molecule has 0 spiro atoms. The number of likely N-dealkylation sites (N-methyl/N-ethyl adjacent to an activating group) is 1. The summed E-state index contributed by atoms with van der Waals surface area (Å²) in [5, 5.41) is 2.95. The van der Waals surface area contributed by atoms with Crippen molar-refractivity contribution < 1.29 is 9.59 Å². The number of likely N-dealkylation sites (tertiary alicyclic amines) is 1. The van der Waals surface area contributed by atoms with Crippen LogP contribution in [-0.2, 0) is 16.1 Å². The van der Waals surface area contributed by atoms with Gasteiger partial charge in [-0.05, 0) is 38.3 Å². The first-order valence-electron chi connectivity index (χ1n) is 7.16. The van der Waals surface area contributed by atoms with Crippen LogP contribution in [0.3, 0.4) is 0 Å². The van der Waals surface area contributed by atoms with Gasteiger partial charge in [-0.1, -0.05) is 23.8 Å². The first kappa shape index (κ1) is 14.6. The first-order chi connectivity index (χ1) is 9.52. The topological polar surface area (TPSA) is 49.4 Å². The number of benzene rings is 1. The maximum Gasteiger partial charge on any atom is 0.243 e. The smallest absolute Gasteiger partial charge is 0.243 e. The van der Waals surface area contributed by atoms with Gasteiger partial charge in [0.15, 0.2) is 0 Å². The maximum absolute atomic E-state index is 12.2. The predicted octanol–water partition coefficient (Wildman–Crippen LogP) is 1.93. The molecule has 1 N–H and O–H groups in total. The molecular formula is C16H22N2O2. The lowest BCUT2D eigenvalue weighted by Crippen LogP contribution is -2.44. The van der Waals surface area contributed by atoms with Crippen LogP contribution in [-0.4, -0.2) is 29.3 Å². The second-order valence-corrected chi connectivity index (χ2v) is 5.38. The molecule has 1 aromatic rings. The summed E-state index contributed by atoms with van der Waals surface area (Å²) in [6.07, 6.45) is 1.11. The summed E-state index contributed by atoms with van der Waals surface area (Å²) in [4.78, 5) is 25.5. The van der Waals surface area contributed by atoms with Crippen molar-refractivity contribution in [2.45, 2.75) is 46.2 Å². The van der Waals surface area contributed by atoms with Gasteiger partial charge in [-0.25, -0.2) is 0 Å². The Morgan fingerprint density at radius 3 is 2.80 bits per heavy atom. The van der Waals surface area contributed by atoms with Gasteiger partial charge in [0.25, 0.3) is 0 Å². The number of hydrogen-bond donors (Lipinski definition) is 1. The summed E-state index contributed by atoms with van der Waals surface area (Å²) in [6, 6.07) is 5.91. The van der Waals surface area contributed by atoms with Crippen LogP contribution in [0.5, 0.6) is 0 Å². The third kappa shape index (κ3) is 3.00. The van der Waals surface area contributed by atoms with E-state index in [0.717, 1.165) is 5.56 Å². The number of nitrogens with one attached hydrogen (secondary N) is 1. The summed E-state index contributed by atoms with van der Waals surface area (Å²) in [7, 11) is 0. The number of carbonyl (C=O) groups excluding carboxylic acids is 2. The molecule has 2 amide bonds. The van der Waals surface area contributed by atoms with Crippen molar-refractivity contribution in [2.24, 2.45) is 0 Å². The molecule has 20 heavy (non-hydrogen) atoms. The molecule has 0 aromatic heterocycles. The van der Waals surface area contributed by atoms with Crippen molar-refractivity contribution in [1.82, 2.24) is 10.2 Å². The lowest BCUT2D eigenvalue weighted by atomic mass is 10.1. The Bertz CT molecular complexity index is 525. The number of carbonyl (C=O) groups is 2. The second-order valence-electron chi connectivity index (χ2n) is 5.38. The quantitative estimate of drug-likeness (QED) is 0.912. The normalized spacial score (nSPS) is 18.4. The average molecular weight is 274 g/mol. The minimum absolute atomic E-state index is 0.0438. The van der Waals surface area contributed by atoms with Crippen LogP contribution in [0.15, 0.2) is 18.2 Å². The van der Waals surface area contributed by atoms with Gasteiger partial charge in [0.05, 0.1) is 0 Å². The van der Waals surface area contributed by atoms with Crippen LogP contribution >= 0.6 is 0 Å². The summed E-state index contributed by atoms with van der Waals surface area (Å²) in [5.41, 5.74) is 3.52. The van der Waals surface area contributed by atoms with Gasteiger partial charge in [-0.2, -0.15) is 0 Å². The predicted molar refractivity (Wildman–Crippen MR) is 78.2 cm³/mol. The molecule has 0 aliphatic carbocycles. The zero-order chi connectivity index (χ0) is 14.7. The maximum atomic E-state index is 12.2. The third-order valence-electron chi connectivity index (χ3n) is 3.92. The Labute approximate surface area is 120 Å². The molecule has 0 saturated carbocycles. The number of rotatable bonds is 4. The van der Waals surface area contributed by atoms with E-state index in [4.69, 9.17) is 0 Å². The van der Waals surface area contributed by atoms with Gasteiger partial charge in [0.1, 0.15) is 6.04 Å². The van der Waals surface area contributed by atoms with Crippen molar-refractivity contribution in [2.75, 3.05) is 6.54 Å². The monoisotopic (exact) mass is 274 g/mol. The number of aryl methyl sites for hydroxylation is 2. The van der Waals surface area contributed by atoms with Gasteiger partial charge in [0.2, 0.25) is 11.8 Å². The van der Waals surface area contributed by atoms with E-state index in [1.165, 1.54) is 11.1 Å². The fourth-order valence-corrected chi connectivity index (χ4v) is 2.75. The minimum atomic E-state index is -0.293. The highest BCUT2D eigenvalue weighted by Crippen LogP contribution is 2.18. The van der Waals surface area contributed by atoms with Crippen LogP contribution in [0.2, 0.25) is 0 Å². The Hall–Kier alpha value is -1.84. The summed E-state index contributed by atoms with van der Waals surface area (Å²) < 4.78 is 0. The number of nitrogens with zero attached hydrogens (tertiary/aromatic N) is 1. The molecule has 1 aromatic carbocycles. The molecular weight excluding hydrogens is 252 g/mol. The molecule has 108 valence electrons. The lowest BCUT2D eigenvalue weighted by molar-refractivity contribution is -0.135. The first-order valence-corrected chi connectivity index (χ1v) is 7.16. The van der Waals surface area contributed by atoms with Gasteiger partial charge in [-0.3, -0.25) is 9.59 Å². The lowest BCUT2D eigenvalue weighted by Gasteiger charge is -2.22. The zero-order valence-electron chi connectivity index (χ0n) is 12.4. The fraction of sp³-hybridized carbons (Fsp3) is 0.500. The van der Waals surface area contributed by atoms with Crippen molar-refractivity contribution >= 4 is 11.8 Å². The number of hydrogen-bond acceptors (Lipinski definition) is 2. The van der Waals surface area contributed by atoms with Crippen LogP contribution in [0.4, 0.5) is 0 Å². The summed E-state index contributed by atoms with van der Waals surface area (Å²) >= 11 is 0. The standard InChI is InChI=1S/C16H22N2O2/c1-4-18-14(7-8-15(18)19)16(20)17-10-13-6-5-11(2)9-12(13)3/h5-6,9,14H,4,7-8,10H2,1-3H3,(H,17,20)/t14-/m0/s1. The van der Waals surface area contributed by atoms with Crippen molar-refractivity contribution in [3.8, 4) is 0 Å². The molecule has 0 bridgehead atoms. The third-order valence-corrected chi connectivity index (χ3v) is 3.92. The van der Waals surface area contributed by atoms with Crippen LogP contribution in [0.25, 0.3) is 0 Å². The SMILES string of the molecule is CCN1C(=O)CC[C@H]1C(=O)NCc1ccc(C)cc1C. The number of amides is 2. The summed E-state index contributed by atoms with van der Waals surface area (Å²) in [5.74, 6) is 0.0387. The molecule has 1 aliphatic heterocycles. The van der Waals surface area contributed by atoms with Crippen LogP contribution in [0, 0.1) is 13.8 Å². The Morgan fingerprint density at radius 2 is 2.15 bits per heavy atom. The van der Waals surface area contributed by atoms with Gasteiger partial charge < -0.3 is 10.2 Å². The molecule has 0 radical (unpaired) electrons. The van der Waals surface area contributed by atoms with Crippen molar-refractivity contribution in [3.05, 3.63) is 34.9 Å². The van der Waals surface area contributed by atoms with E-state index in [0.29, 0.717) is 25.9 Å². The molecule has 2 rings (SSSR count). The van der Waals surface area contributed by atoms with Crippen molar-refractivity contribution in [3.63, 3.8) is 0 Å². The molecule has 4 nitrogen and oxygen atoms in total. The minimum Gasteiger partial charge on any atom is -0.350 e. The van der Waals surface area contributed by atoms with Gasteiger partial charge >= 0.3 is 0 Å². The highest BCUT2D eigenvalue weighted by atomic mass is 16.2. The fourth-order valence-electron chi connectivity index (χ4n) is 2.75. The van der Waals surface area contributed by atoms with E-state index >= 15 is 0 Å². The summed E-state index contributed by atoms with van der Waals surface area (Å²) in [6.45, 7) is 7.13. The van der Waals surface area contributed by atoms with Crippen LogP contribution < -0.4 is 5.32 Å². The molecule has 1 aliphatic rings. The Balaban J connectivity index is 1.97. The average Bonchev–Trinajstić information content (AvgIpc) is 2.78. The van der Waals surface area contributed by atoms with Crippen LogP contribution in [0.1, 0.15) is 36.5 Å².